The van der Waals surface area contributed by atoms with Gasteiger partial charge in [-0.3, -0.25) is 4.21 Å². The Hall–Kier alpha value is -1.80. The summed E-state index contributed by atoms with van der Waals surface area (Å²) in [7, 11) is -1.19. The molecule has 1 heterocycles. The van der Waals surface area contributed by atoms with Crippen LogP contribution in [0.2, 0.25) is 0 Å². The second-order valence-corrected chi connectivity index (χ2v) is 7.67. The summed E-state index contributed by atoms with van der Waals surface area (Å²) in [5, 5.41) is 0. The van der Waals surface area contributed by atoms with Crippen LogP contribution in [0.4, 0.5) is 13.2 Å². The van der Waals surface area contributed by atoms with E-state index in [1.807, 2.05) is 0 Å². The SMILES string of the molecule is CCS(=O)c1ccccc1-c1nc2cc(SC(F)(F)F)ccc2o1. The van der Waals surface area contributed by atoms with Gasteiger partial charge in [-0.05, 0) is 42.1 Å². The molecule has 0 saturated heterocycles. The quantitative estimate of drug-likeness (QED) is 0.589. The van der Waals surface area contributed by atoms with Crippen LogP contribution in [0.1, 0.15) is 6.92 Å². The molecule has 0 N–H and O–H groups in total. The van der Waals surface area contributed by atoms with E-state index in [4.69, 9.17) is 4.42 Å². The fourth-order valence-electron chi connectivity index (χ4n) is 2.22. The summed E-state index contributed by atoms with van der Waals surface area (Å²) >= 11 is -0.198. The second kappa shape index (κ2) is 6.60. The summed E-state index contributed by atoms with van der Waals surface area (Å²) in [6, 6.07) is 11.1. The van der Waals surface area contributed by atoms with Crippen molar-refractivity contribution in [2.45, 2.75) is 22.2 Å². The molecule has 3 nitrogen and oxygen atoms in total. The molecular weight excluding hydrogens is 359 g/mol. The molecule has 0 spiro atoms. The Morgan fingerprint density at radius 1 is 1.21 bits per heavy atom. The lowest BCUT2D eigenvalue weighted by atomic mass is 10.2. The number of benzene rings is 2. The largest absolute Gasteiger partial charge is 0.446 e. The standard InChI is InChI=1S/C16H12F3NO2S2/c1-2-24(21)14-6-4-3-5-11(14)15-20-12-9-10(23-16(17,18)19)7-8-13(12)22-15/h3-9H,2H2,1H3. The molecule has 0 bridgehead atoms. The monoisotopic (exact) mass is 371 g/mol. The molecular formula is C16H12F3NO2S2. The van der Waals surface area contributed by atoms with E-state index in [2.05, 4.69) is 4.98 Å². The molecule has 1 atom stereocenters. The second-order valence-electron chi connectivity index (χ2n) is 4.83. The van der Waals surface area contributed by atoms with E-state index in [9.17, 15) is 17.4 Å². The van der Waals surface area contributed by atoms with Gasteiger partial charge in [0.25, 0.3) is 0 Å². The van der Waals surface area contributed by atoms with Crippen LogP contribution in [0.25, 0.3) is 22.6 Å². The number of hydrogen-bond donors (Lipinski definition) is 0. The van der Waals surface area contributed by atoms with Crippen molar-refractivity contribution in [3.63, 3.8) is 0 Å². The first-order valence-electron chi connectivity index (χ1n) is 7.01. The number of halogens is 3. The Bertz CT molecular complexity index is 906. The minimum atomic E-state index is -4.36. The van der Waals surface area contributed by atoms with Crippen LogP contribution >= 0.6 is 11.8 Å². The molecule has 0 fully saturated rings. The predicted octanol–water partition coefficient (Wildman–Crippen LogP) is 5.23. The number of fused-ring (bicyclic) bond motifs is 1. The number of rotatable bonds is 4. The molecule has 1 aromatic heterocycles. The topological polar surface area (TPSA) is 43.1 Å². The van der Waals surface area contributed by atoms with Crippen LogP contribution in [0, 0.1) is 0 Å². The zero-order valence-electron chi connectivity index (χ0n) is 12.5. The maximum atomic E-state index is 12.5. The Kier molecular flexibility index (Phi) is 4.69. The first kappa shape index (κ1) is 17.0. The Morgan fingerprint density at radius 2 is 1.96 bits per heavy atom. The highest BCUT2D eigenvalue weighted by Gasteiger charge is 2.29. The average Bonchev–Trinajstić information content (AvgIpc) is 2.95. The number of aromatic nitrogens is 1. The Balaban J connectivity index is 2.05. The molecule has 0 saturated carbocycles. The van der Waals surface area contributed by atoms with E-state index in [-0.39, 0.29) is 22.5 Å². The summed E-state index contributed by atoms with van der Waals surface area (Å²) in [4.78, 5) is 4.91. The van der Waals surface area contributed by atoms with Crippen molar-refractivity contribution >= 4 is 33.7 Å². The number of alkyl halides is 3. The predicted molar refractivity (Wildman–Crippen MR) is 88.3 cm³/mol. The first-order chi connectivity index (χ1) is 11.4. The van der Waals surface area contributed by atoms with Gasteiger partial charge in [0.15, 0.2) is 5.58 Å². The number of nitrogens with zero attached hydrogens (tertiary/aromatic N) is 1. The zero-order valence-corrected chi connectivity index (χ0v) is 14.1. The fourth-order valence-corrected chi connectivity index (χ4v) is 3.73. The van der Waals surface area contributed by atoms with E-state index in [0.717, 1.165) is 0 Å². The van der Waals surface area contributed by atoms with Gasteiger partial charge in [-0.1, -0.05) is 19.1 Å². The van der Waals surface area contributed by atoms with Crippen LogP contribution in [0.3, 0.4) is 0 Å². The zero-order chi connectivity index (χ0) is 17.3. The minimum absolute atomic E-state index is 0.0419. The lowest BCUT2D eigenvalue weighted by Crippen LogP contribution is -1.98. The summed E-state index contributed by atoms with van der Waals surface area (Å²) in [6.07, 6.45) is 0. The number of hydrogen-bond acceptors (Lipinski definition) is 4. The van der Waals surface area contributed by atoms with Gasteiger partial charge in [-0.15, -0.1) is 0 Å². The van der Waals surface area contributed by atoms with Crippen molar-refractivity contribution < 1.29 is 21.8 Å². The molecule has 2 aromatic carbocycles. The van der Waals surface area contributed by atoms with Gasteiger partial charge < -0.3 is 4.42 Å². The molecule has 0 aliphatic rings. The molecule has 0 amide bonds. The van der Waals surface area contributed by atoms with Crippen molar-refractivity contribution in [2.75, 3.05) is 5.75 Å². The molecule has 126 valence electrons. The molecule has 0 aliphatic heterocycles. The molecule has 0 radical (unpaired) electrons. The van der Waals surface area contributed by atoms with Gasteiger partial charge in [0.2, 0.25) is 5.89 Å². The lowest BCUT2D eigenvalue weighted by molar-refractivity contribution is -0.0328. The highest BCUT2D eigenvalue weighted by molar-refractivity contribution is 8.00. The van der Waals surface area contributed by atoms with Gasteiger partial charge >= 0.3 is 5.51 Å². The van der Waals surface area contributed by atoms with Gasteiger partial charge in [0.1, 0.15) is 5.52 Å². The van der Waals surface area contributed by atoms with Crippen molar-refractivity contribution in [1.29, 1.82) is 0 Å². The van der Waals surface area contributed by atoms with Crippen molar-refractivity contribution in [3.05, 3.63) is 42.5 Å². The van der Waals surface area contributed by atoms with Crippen molar-refractivity contribution in [3.8, 4) is 11.5 Å². The minimum Gasteiger partial charge on any atom is -0.436 e. The number of oxazole rings is 1. The first-order valence-corrected chi connectivity index (χ1v) is 9.15. The highest BCUT2D eigenvalue weighted by atomic mass is 32.2. The molecule has 8 heteroatoms. The third kappa shape index (κ3) is 3.64. The van der Waals surface area contributed by atoms with Crippen molar-refractivity contribution in [2.24, 2.45) is 0 Å². The van der Waals surface area contributed by atoms with Crippen LogP contribution < -0.4 is 0 Å². The van der Waals surface area contributed by atoms with E-state index >= 15 is 0 Å². The van der Waals surface area contributed by atoms with E-state index in [1.54, 1.807) is 31.2 Å². The third-order valence-corrected chi connectivity index (χ3v) is 5.31. The van der Waals surface area contributed by atoms with Gasteiger partial charge in [0.05, 0.1) is 21.3 Å². The van der Waals surface area contributed by atoms with Crippen molar-refractivity contribution in [1.82, 2.24) is 4.98 Å². The Morgan fingerprint density at radius 3 is 2.67 bits per heavy atom. The highest BCUT2D eigenvalue weighted by Crippen LogP contribution is 2.38. The van der Waals surface area contributed by atoms with E-state index in [0.29, 0.717) is 27.3 Å². The van der Waals surface area contributed by atoms with Crippen LogP contribution in [0.15, 0.2) is 56.7 Å². The van der Waals surface area contributed by atoms with E-state index < -0.39 is 16.3 Å². The summed E-state index contributed by atoms with van der Waals surface area (Å²) in [6.45, 7) is 1.81. The van der Waals surface area contributed by atoms with Crippen LogP contribution in [0.5, 0.6) is 0 Å². The van der Waals surface area contributed by atoms with Crippen LogP contribution in [-0.4, -0.2) is 20.5 Å². The normalized spacial score (nSPS) is 13.3. The average molecular weight is 371 g/mol. The Labute approximate surface area is 142 Å². The smallest absolute Gasteiger partial charge is 0.436 e. The maximum Gasteiger partial charge on any atom is 0.446 e. The molecule has 0 aliphatic carbocycles. The maximum absolute atomic E-state index is 12.5. The molecule has 3 aromatic rings. The third-order valence-electron chi connectivity index (χ3n) is 3.22. The van der Waals surface area contributed by atoms with Crippen LogP contribution in [-0.2, 0) is 10.8 Å². The van der Waals surface area contributed by atoms with E-state index in [1.165, 1.54) is 18.2 Å². The molecule has 24 heavy (non-hydrogen) atoms. The fraction of sp³-hybridized carbons (Fsp3) is 0.188. The summed E-state index contributed by atoms with van der Waals surface area (Å²) < 4.78 is 55.2. The number of thioether (sulfide) groups is 1. The summed E-state index contributed by atoms with van der Waals surface area (Å²) in [5.41, 5.74) is -3.06. The summed E-state index contributed by atoms with van der Waals surface area (Å²) in [5.74, 6) is 0.695. The lowest BCUT2D eigenvalue weighted by Gasteiger charge is -2.04. The molecule has 1 unspecified atom stereocenters. The van der Waals surface area contributed by atoms with Gasteiger partial charge in [0, 0.05) is 10.6 Å². The van der Waals surface area contributed by atoms with Gasteiger partial charge in [-0.2, -0.15) is 13.2 Å². The molecule has 3 rings (SSSR count). The van der Waals surface area contributed by atoms with Gasteiger partial charge in [-0.25, -0.2) is 4.98 Å².